The van der Waals surface area contributed by atoms with Crippen molar-refractivity contribution in [2.75, 3.05) is 32.8 Å². The molecule has 0 aromatic rings. The lowest BCUT2D eigenvalue weighted by Crippen LogP contribution is -2.36. The first-order valence-corrected chi connectivity index (χ1v) is 5.31. The maximum Gasteiger partial charge on any atom is 0.224 e. The van der Waals surface area contributed by atoms with Crippen molar-refractivity contribution >= 4 is 5.91 Å². The first-order chi connectivity index (χ1) is 6.76. The largest absolute Gasteiger partial charge is 0.381 e. The zero-order chi connectivity index (χ0) is 10.8. The second-order valence-corrected chi connectivity index (χ2v) is 3.12. The van der Waals surface area contributed by atoms with Gasteiger partial charge < -0.3 is 15.4 Å². The van der Waals surface area contributed by atoms with Gasteiger partial charge in [0.2, 0.25) is 5.91 Å². The molecule has 2 N–H and O–H groups in total. The van der Waals surface area contributed by atoms with Gasteiger partial charge in [0.15, 0.2) is 0 Å². The van der Waals surface area contributed by atoms with Gasteiger partial charge in [0.1, 0.15) is 0 Å². The summed E-state index contributed by atoms with van der Waals surface area (Å²) in [5, 5.41) is 0. The molecule has 4 heteroatoms. The predicted molar refractivity (Wildman–Crippen MR) is 57.0 cm³/mol. The zero-order valence-corrected chi connectivity index (χ0v) is 9.29. The van der Waals surface area contributed by atoms with Crippen LogP contribution in [0.4, 0.5) is 0 Å². The highest BCUT2D eigenvalue weighted by atomic mass is 16.5. The topological polar surface area (TPSA) is 55.6 Å². The molecule has 0 heterocycles. The fraction of sp³-hybridized carbons (Fsp3) is 0.900. The molecular formula is C10H22N2O2. The van der Waals surface area contributed by atoms with E-state index in [0.29, 0.717) is 32.7 Å². The Balaban J connectivity index is 3.76. The number of ether oxygens (including phenoxy) is 1. The Morgan fingerprint density at radius 3 is 2.57 bits per heavy atom. The molecule has 0 rings (SSSR count). The number of nitrogens with two attached hydrogens (primary N) is 1. The second-order valence-electron chi connectivity index (χ2n) is 3.12. The zero-order valence-electron chi connectivity index (χ0n) is 9.29. The van der Waals surface area contributed by atoms with Gasteiger partial charge >= 0.3 is 0 Å². The van der Waals surface area contributed by atoms with Gasteiger partial charge in [-0.05, 0) is 13.3 Å². The summed E-state index contributed by atoms with van der Waals surface area (Å²) in [6, 6.07) is 0. The van der Waals surface area contributed by atoms with Crippen molar-refractivity contribution in [3.8, 4) is 0 Å². The maximum absolute atomic E-state index is 11.6. The minimum atomic E-state index is 0.144. The van der Waals surface area contributed by atoms with Crippen LogP contribution >= 0.6 is 0 Å². The number of hydrogen-bond acceptors (Lipinski definition) is 3. The molecule has 0 aliphatic carbocycles. The van der Waals surface area contributed by atoms with Crippen molar-refractivity contribution in [1.29, 1.82) is 0 Å². The Morgan fingerprint density at radius 1 is 1.36 bits per heavy atom. The number of nitrogens with zero attached hydrogens (tertiary/aromatic N) is 1. The van der Waals surface area contributed by atoms with Crippen molar-refractivity contribution in [1.82, 2.24) is 4.90 Å². The highest BCUT2D eigenvalue weighted by Gasteiger charge is 2.10. The molecule has 0 aliphatic heterocycles. The summed E-state index contributed by atoms with van der Waals surface area (Å²) >= 11 is 0. The number of rotatable bonds is 8. The van der Waals surface area contributed by atoms with Crippen LogP contribution in [0.3, 0.4) is 0 Å². The Morgan fingerprint density at radius 2 is 2.07 bits per heavy atom. The third-order valence-electron chi connectivity index (χ3n) is 1.91. The van der Waals surface area contributed by atoms with Crippen LogP contribution in [0.25, 0.3) is 0 Å². The van der Waals surface area contributed by atoms with Gasteiger partial charge in [-0.2, -0.15) is 0 Å². The number of amides is 1. The summed E-state index contributed by atoms with van der Waals surface area (Å²) in [7, 11) is 0. The van der Waals surface area contributed by atoms with Crippen LogP contribution < -0.4 is 5.73 Å². The Hall–Kier alpha value is -0.610. The summed E-state index contributed by atoms with van der Waals surface area (Å²) in [6.45, 7) is 7.13. The summed E-state index contributed by atoms with van der Waals surface area (Å²) in [5.74, 6) is 0.144. The van der Waals surface area contributed by atoms with Gasteiger partial charge in [-0.1, -0.05) is 6.92 Å². The van der Waals surface area contributed by atoms with Crippen molar-refractivity contribution in [3.05, 3.63) is 0 Å². The lowest BCUT2D eigenvalue weighted by atomic mass is 10.3. The summed E-state index contributed by atoms with van der Waals surface area (Å²) in [5.41, 5.74) is 5.43. The van der Waals surface area contributed by atoms with Crippen LogP contribution in [0.5, 0.6) is 0 Å². The van der Waals surface area contributed by atoms with Crippen LogP contribution in [0.1, 0.15) is 26.7 Å². The fourth-order valence-electron chi connectivity index (χ4n) is 1.25. The first kappa shape index (κ1) is 13.4. The van der Waals surface area contributed by atoms with E-state index in [0.717, 1.165) is 13.0 Å². The monoisotopic (exact) mass is 202 g/mol. The van der Waals surface area contributed by atoms with Gasteiger partial charge in [-0.3, -0.25) is 4.79 Å². The van der Waals surface area contributed by atoms with Crippen LogP contribution in [-0.2, 0) is 9.53 Å². The number of hydrogen-bond donors (Lipinski definition) is 1. The molecule has 0 spiro atoms. The first-order valence-electron chi connectivity index (χ1n) is 5.31. The lowest BCUT2D eigenvalue weighted by Gasteiger charge is -2.21. The molecule has 0 unspecified atom stereocenters. The molecule has 0 fully saturated rings. The van der Waals surface area contributed by atoms with Crippen LogP contribution in [0.2, 0.25) is 0 Å². The van der Waals surface area contributed by atoms with Gasteiger partial charge in [-0.25, -0.2) is 0 Å². The number of carbonyl (C=O) groups excluding carboxylic acids is 1. The van der Waals surface area contributed by atoms with Gasteiger partial charge in [0, 0.05) is 26.2 Å². The molecule has 0 aliphatic rings. The third kappa shape index (κ3) is 5.94. The van der Waals surface area contributed by atoms with E-state index in [1.165, 1.54) is 0 Å². The predicted octanol–water partition coefficient (Wildman–Crippen LogP) is 0.610. The van der Waals surface area contributed by atoms with Crippen molar-refractivity contribution in [3.63, 3.8) is 0 Å². The van der Waals surface area contributed by atoms with E-state index in [4.69, 9.17) is 10.5 Å². The van der Waals surface area contributed by atoms with E-state index in [2.05, 4.69) is 6.92 Å². The molecule has 84 valence electrons. The van der Waals surface area contributed by atoms with E-state index < -0.39 is 0 Å². The van der Waals surface area contributed by atoms with Crippen molar-refractivity contribution in [2.24, 2.45) is 5.73 Å². The highest BCUT2D eigenvalue weighted by Crippen LogP contribution is 1.96. The molecule has 0 radical (unpaired) electrons. The summed E-state index contributed by atoms with van der Waals surface area (Å²) in [4.78, 5) is 13.4. The molecule has 0 aromatic carbocycles. The lowest BCUT2D eigenvalue weighted by molar-refractivity contribution is -0.132. The van der Waals surface area contributed by atoms with Crippen LogP contribution in [0.15, 0.2) is 0 Å². The molecule has 1 amide bonds. The van der Waals surface area contributed by atoms with Crippen LogP contribution in [-0.4, -0.2) is 43.7 Å². The molecule has 14 heavy (non-hydrogen) atoms. The van der Waals surface area contributed by atoms with E-state index in [-0.39, 0.29) is 5.91 Å². The average Bonchev–Trinajstić information content (AvgIpc) is 2.18. The third-order valence-corrected chi connectivity index (χ3v) is 1.91. The quantitative estimate of drug-likeness (QED) is 0.587. The summed E-state index contributed by atoms with van der Waals surface area (Å²) in [6.07, 6.45) is 1.44. The van der Waals surface area contributed by atoms with E-state index in [9.17, 15) is 4.79 Å². The van der Waals surface area contributed by atoms with E-state index in [1.54, 1.807) is 4.90 Å². The standard InChI is InChI=1S/C10H22N2O2/c1-3-7-12(8-6-11)10(13)5-9-14-4-2/h3-9,11H2,1-2H3. The van der Waals surface area contributed by atoms with Gasteiger partial charge in [-0.15, -0.1) is 0 Å². The van der Waals surface area contributed by atoms with Gasteiger partial charge in [0.25, 0.3) is 0 Å². The van der Waals surface area contributed by atoms with Crippen molar-refractivity contribution < 1.29 is 9.53 Å². The molecule has 0 atom stereocenters. The average molecular weight is 202 g/mol. The molecular weight excluding hydrogens is 180 g/mol. The van der Waals surface area contributed by atoms with Crippen molar-refractivity contribution in [2.45, 2.75) is 26.7 Å². The molecule has 0 saturated carbocycles. The summed E-state index contributed by atoms with van der Waals surface area (Å²) < 4.78 is 5.13. The maximum atomic E-state index is 11.6. The molecule has 4 nitrogen and oxygen atoms in total. The number of carbonyl (C=O) groups is 1. The Bertz CT molecular complexity index is 145. The normalized spacial score (nSPS) is 10.2. The van der Waals surface area contributed by atoms with E-state index >= 15 is 0 Å². The SMILES string of the molecule is CCCN(CCN)C(=O)CCOCC. The van der Waals surface area contributed by atoms with Crippen LogP contribution in [0, 0.1) is 0 Å². The minimum absolute atomic E-state index is 0.144. The molecule has 0 saturated heterocycles. The van der Waals surface area contributed by atoms with Gasteiger partial charge in [0.05, 0.1) is 13.0 Å². The Kier molecular flexibility index (Phi) is 8.57. The smallest absolute Gasteiger partial charge is 0.224 e. The molecule has 0 bridgehead atoms. The highest BCUT2D eigenvalue weighted by molar-refractivity contribution is 5.76. The Labute approximate surface area is 86.4 Å². The van der Waals surface area contributed by atoms with E-state index in [1.807, 2.05) is 6.92 Å². The minimum Gasteiger partial charge on any atom is -0.381 e. The fourth-order valence-corrected chi connectivity index (χ4v) is 1.25. The second kappa shape index (κ2) is 8.97. The molecule has 0 aromatic heterocycles.